The predicted octanol–water partition coefficient (Wildman–Crippen LogP) is 2.53. The molecule has 0 radical (unpaired) electrons. The molecule has 0 aliphatic rings. The molecule has 2 aromatic rings. The molecule has 112 valence electrons. The summed E-state index contributed by atoms with van der Waals surface area (Å²) in [6.45, 7) is 1.66. The lowest BCUT2D eigenvalue weighted by Crippen LogP contribution is -2.15. The van der Waals surface area contributed by atoms with Crippen molar-refractivity contribution in [2.24, 2.45) is 0 Å². The highest BCUT2D eigenvalue weighted by molar-refractivity contribution is 7.92. The summed E-state index contributed by atoms with van der Waals surface area (Å²) in [6.07, 6.45) is 0. The minimum absolute atomic E-state index is 0.0638. The molecule has 3 N–H and O–H groups in total. The minimum atomic E-state index is -3.84. The molecule has 0 amide bonds. The van der Waals surface area contributed by atoms with E-state index in [9.17, 15) is 12.8 Å². The highest BCUT2D eigenvalue weighted by Gasteiger charge is 2.19. The Balaban J connectivity index is 2.45. The monoisotopic (exact) mass is 310 g/mol. The summed E-state index contributed by atoms with van der Waals surface area (Å²) >= 11 is 0. The number of anilines is 2. The maximum atomic E-state index is 13.1. The molecule has 0 aliphatic heterocycles. The molecular formula is C14H15FN2O3S. The van der Waals surface area contributed by atoms with Crippen molar-refractivity contribution in [1.82, 2.24) is 0 Å². The Hall–Kier alpha value is -2.28. The van der Waals surface area contributed by atoms with Crippen molar-refractivity contribution in [3.63, 3.8) is 0 Å². The average Bonchev–Trinajstić information content (AvgIpc) is 2.43. The van der Waals surface area contributed by atoms with Gasteiger partial charge in [0, 0.05) is 11.8 Å². The first-order valence-corrected chi connectivity index (χ1v) is 7.54. The summed E-state index contributed by atoms with van der Waals surface area (Å²) in [4.78, 5) is 0.0638. The fourth-order valence-corrected chi connectivity index (χ4v) is 3.21. The van der Waals surface area contributed by atoms with E-state index in [4.69, 9.17) is 10.5 Å². The molecule has 0 heterocycles. The maximum Gasteiger partial charge on any atom is 0.262 e. The number of hydrogen-bond donors (Lipinski definition) is 2. The van der Waals surface area contributed by atoms with Gasteiger partial charge in [0.05, 0.1) is 17.7 Å². The van der Waals surface area contributed by atoms with Gasteiger partial charge in [0.15, 0.2) is 0 Å². The number of nitrogens with two attached hydrogens (primary N) is 1. The molecule has 0 aromatic heterocycles. The molecule has 0 atom stereocenters. The van der Waals surface area contributed by atoms with Crippen LogP contribution in [0, 0.1) is 12.7 Å². The van der Waals surface area contributed by atoms with E-state index in [2.05, 4.69) is 4.72 Å². The lowest BCUT2D eigenvalue weighted by atomic mass is 10.2. The first-order valence-electron chi connectivity index (χ1n) is 6.06. The van der Waals surface area contributed by atoms with E-state index in [-0.39, 0.29) is 16.3 Å². The summed E-state index contributed by atoms with van der Waals surface area (Å²) in [5.74, 6) is -0.421. The molecular weight excluding hydrogens is 295 g/mol. The lowest BCUT2D eigenvalue weighted by Gasteiger charge is -2.13. The Morgan fingerprint density at radius 3 is 2.57 bits per heavy atom. The molecule has 0 aliphatic carbocycles. The first kappa shape index (κ1) is 15.1. The largest absolute Gasteiger partial charge is 0.494 e. The third-order valence-electron chi connectivity index (χ3n) is 2.91. The normalized spacial score (nSPS) is 11.2. The van der Waals surface area contributed by atoms with Crippen molar-refractivity contribution in [2.45, 2.75) is 11.8 Å². The molecule has 5 nitrogen and oxygen atoms in total. The van der Waals surface area contributed by atoms with Gasteiger partial charge in [0.1, 0.15) is 11.6 Å². The molecule has 0 bridgehead atoms. The fourth-order valence-electron chi connectivity index (χ4n) is 1.86. The van der Waals surface area contributed by atoms with Crippen molar-refractivity contribution >= 4 is 21.4 Å². The number of halogens is 1. The van der Waals surface area contributed by atoms with E-state index < -0.39 is 15.8 Å². The Labute approximate surface area is 122 Å². The second-order valence-electron chi connectivity index (χ2n) is 4.48. The van der Waals surface area contributed by atoms with Crippen molar-refractivity contribution in [3.05, 3.63) is 47.8 Å². The van der Waals surface area contributed by atoms with E-state index >= 15 is 0 Å². The zero-order chi connectivity index (χ0) is 15.6. The highest BCUT2D eigenvalue weighted by atomic mass is 32.2. The molecule has 0 fully saturated rings. The number of methoxy groups -OCH3 is 1. The van der Waals surface area contributed by atoms with Crippen LogP contribution in [0.5, 0.6) is 5.75 Å². The van der Waals surface area contributed by atoms with Crippen molar-refractivity contribution < 1.29 is 17.5 Å². The van der Waals surface area contributed by atoms with Crippen LogP contribution in [-0.4, -0.2) is 15.5 Å². The Kier molecular flexibility index (Phi) is 4.04. The van der Waals surface area contributed by atoms with E-state index in [1.165, 1.54) is 19.2 Å². The molecule has 2 rings (SSSR count). The van der Waals surface area contributed by atoms with Gasteiger partial charge in [-0.3, -0.25) is 4.72 Å². The third-order valence-corrected chi connectivity index (χ3v) is 4.42. The highest BCUT2D eigenvalue weighted by Crippen LogP contribution is 2.28. The SMILES string of the molecule is COc1cc(F)ccc1NS(=O)(=O)c1cc(N)ccc1C. The van der Waals surface area contributed by atoms with Crippen LogP contribution in [0.15, 0.2) is 41.3 Å². The second kappa shape index (κ2) is 5.61. The van der Waals surface area contributed by atoms with Gasteiger partial charge in [0.25, 0.3) is 10.0 Å². The second-order valence-corrected chi connectivity index (χ2v) is 6.13. The van der Waals surface area contributed by atoms with Crippen molar-refractivity contribution in [3.8, 4) is 5.75 Å². The van der Waals surface area contributed by atoms with Crippen LogP contribution in [0.4, 0.5) is 15.8 Å². The molecule has 0 saturated heterocycles. The molecule has 0 saturated carbocycles. The topological polar surface area (TPSA) is 81.4 Å². The summed E-state index contributed by atoms with van der Waals surface area (Å²) in [5.41, 5.74) is 6.67. The van der Waals surface area contributed by atoms with Gasteiger partial charge in [-0.1, -0.05) is 6.07 Å². The van der Waals surface area contributed by atoms with E-state index in [1.807, 2.05) is 0 Å². The van der Waals surface area contributed by atoms with Gasteiger partial charge in [-0.25, -0.2) is 12.8 Å². The number of nitrogen functional groups attached to an aromatic ring is 1. The standard InChI is InChI=1S/C14H15FN2O3S/c1-9-3-5-11(16)8-14(9)21(18,19)17-12-6-4-10(15)7-13(12)20-2/h3-8,17H,16H2,1-2H3. The summed E-state index contributed by atoms with van der Waals surface area (Å²) in [6, 6.07) is 8.15. The number of sulfonamides is 1. The van der Waals surface area contributed by atoms with E-state index in [0.29, 0.717) is 11.3 Å². The van der Waals surface area contributed by atoms with Gasteiger partial charge < -0.3 is 10.5 Å². The third kappa shape index (κ3) is 3.25. The summed E-state index contributed by atoms with van der Waals surface area (Å²) in [7, 11) is -2.51. The fraction of sp³-hybridized carbons (Fsp3) is 0.143. The zero-order valence-corrected chi connectivity index (χ0v) is 12.4. The minimum Gasteiger partial charge on any atom is -0.494 e. The van der Waals surface area contributed by atoms with Crippen LogP contribution >= 0.6 is 0 Å². The number of hydrogen-bond acceptors (Lipinski definition) is 4. The number of rotatable bonds is 4. The van der Waals surface area contributed by atoms with Crippen molar-refractivity contribution in [2.75, 3.05) is 17.6 Å². The van der Waals surface area contributed by atoms with Crippen LogP contribution in [0.25, 0.3) is 0 Å². The van der Waals surface area contributed by atoms with Crippen LogP contribution in [0.2, 0.25) is 0 Å². The van der Waals surface area contributed by atoms with Crippen molar-refractivity contribution in [1.29, 1.82) is 0 Å². The van der Waals surface area contributed by atoms with Crippen LogP contribution in [0.1, 0.15) is 5.56 Å². The number of nitrogens with one attached hydrogen (secondary N) is 1. The lowest BCUT2D eigenvalue weighted by molar-refractivity contribution is 0.413. The number of ether oxygens (including phenoxy) is 1. The number of benzene rings is 2. The van der Waals surface area contributed by atoms with Crippen LogP contribution in [-0.2, 0) is 10.0 Å². The molecule has 0 unspecified atom stereocenters. The Morgan fingerprint density at radius 2 is 1.90 bits per heavy atom. The zero-order valence-electron chi connectivity index (χ0n) is 11.6. The van der Waals surface area contributed by atoms with E-state index in [1.54, 1.807) is 19.1 Å². The van der Waals surface area contributed by atoms with Gasteiger partial charge >= 0.3 is 0 Å². The molecule has 2 aromatic carbocycles. The first-order chi connectivity index (χ1) is 9.83. The van der Waals surface area contributed by atoms with E-state index in [0.717, 1.165) is 12.1 Å². The molecule has 7 heteroatoms. The van der Waals surface area contributed by atoms with Crippen LogP contribution < -0.4 is 15.2 Å². The Bertz CT molecular complexity index is 776. The quantitative estimate of drug-likeness (QED) is 0.850. The summed E-state index contributed by atoms with van der Waals surface area (Å²) < 4.78 is 45.3. The van der Waals surface area contributed by atoms with Gasteiger partial charge in [-0.2, -0.15) is 0 Å². The maximum absolute atomic E-state index is 13.1. The molecule has 0 spiro atoms. The van der Waals surface area contributed by atoms with Gasteiger partial charge in [-0.05, 0) is 36.8 Å². The average molecular weight is 310 g/mol. The predicted molar refractivity (Wildman–Crippen MR) is 79.4 cm³/mol. The molecule has 21 heavy (non-hydrogen) atoms. The number of aryl methyl sites for hydroxylation is 1. The summed E-state index contributed by atoms with van der Waals surface area (Å²) in [5, 5.41) is 0. The van der Waals surface area contributed by atoms with Gasteiger partial charge in [-0.15, -0.1) is 0 Å². The van der Waals surface area contributed by atoms with Gasteiger partial charge in [0.2, 0.25) is 0 Å². The smallest absolute Gasteiger partial charge is 0.262 e. The van der Waals surface area contributed by atoms with Crippen LogP contribution in [0.3, 0.4) is 0 Å². The Morgan fingerprint density at radius 1 is 1.19 bits per heavy atom.